The molecule has 1 aromatic heterocycles. The lowest BCUT2D eigenvalue weighted by atomic mass is 10.00. The lowest BCUT2D eigenvalue weighted by Crippen LogP contribution is -2.45. The first-order valence-electron chi connectivity index (χ1n) is 6.41. The van der Waals surface area contributed by atoms with Gasteiger partial charge in [0.05, 0.1) is 0 Å². The molecule has 19 heavy (non-hydrogen) atoms. The highest BCUT2D eigenvalue weighted by Crippen LogP contribution is 2.19. The SMILES string of the molecule is Cc1ccsc1CNS(=O)(=O)N1CCC(CO)CC1. The number of rotatable bonds is 5. The van der Waals surface area contributed by atoms with Gasteiger partial charge in [-0.3, -0.25) is 0 Å². The van der Waals surface area contributed by atoms with Crippen LogP contribution in [0.15, 0.2) is 11.4 Å². The molecule has 2 N–H and O–H groups in total. The Labute approximate surface area is 118 Å². The van der Waals surface area contributed by atoms with Gasteiger partial charge in [0.1, 0.15) is 0 Å². The van der Waals surface area contributed by atoms with Crippen LogP contribution in [-0.2, 0) is 16.8 Å². The summed E-state index contributed by atoms with van der Waals surface area (Å²) in [7, 11) is -3.40. The van der Waals surface area contributed by atoms with Crippen LogP contribution >= 0.6 is 11.3 Å². The zero-order chi connectivity index (χ0) is 13.9. The molecule has 0 spiro atoms. The normalized spacial score (nSPS) is 18.8. The van der Waals surface area contributed by atoms with Gasteiger partial charge < -0.3 is 5.11 Å². The molecule has 1 aliphatic rings. The quantitative estimate of drug-likeness (QED) is 0.856. The minimum Gasteiger partial charge on any atom is -0.396 e. The predicted molar refractivity (Wildman–Crippen MR) is 76.2 cm³/mol. The number of hydrogen-bond acceptors (Lipinski definition) is 4. The maximum atomic E-state index is 12.1. The van der Waals surface area contributed by atoms with E-state index in [4.69, 9.17) is 5.11 Å². The Morgan fingerprint density at radius 2 is 2.16 bits per heavy atom. The summed E-state index contributed by atoms with van der Waals surface area (Å²) in [6, 6.07) is 1.99. The minimum atomic E-state index is -3.40. The zero-order valence-electron chi connectivity index (χ0n) is 11.0. The van der Waals surface area contributed by atoms with Crippen molar-refractivity contribution in [3.05, 3.63) is 21.9 Å². The van der Waals surface area contributed by atoms with E-state index in [1.165, 1.54) is 4.31 Å². The summed E-state index contributed by atoms with van der Waals surface area (Å²) in [6.45, 7) is 3.46. The molecule has 2 heterocycles. The lowest BCUT2D eigenvalue weighted by Gasteiger charge is -2.30. The van der Waals surface area contributed by atoms with Gasteiger partial charge in [0.2, 0.25) is 0 Å². The topological polar surface area (TPSA) is 69.6 Å². The van der Waals surface area contributed by atoms with Crippen molar-refractivity contribution in [2.75, 3.05) is 19.7 Å². The first-order valence-corrected chi connectivity index (χ1v) is 8.73. The molecule has 108 valence electrons. The van der Waals surface area contributed by atoms with E-state index in [0.717, 1.165) is 23.3 Å². The average molecular weight is 304 g/mol. The number of thiophene rings is 1. The molecule has 1 aromatic rings. The smallest absolute Gasteiger partial charge is 0.279 e. The van der Waals surface area contributed by atoms with Crippen LogP contribution in [0.5, 0.6) is 0 Å². The fourth-order valence-electron chi connectivity index (χ4n) is 2.17. The molecule has 0 unspecified atom stereocenters. The summed E-state index contributed by atoms with van der Waals surface area (Å²) < 4.78 is 28.4. The molecule has 0 radical (unpaired) electrons. The number of aliphatic hydroxyl groups is 1. The van der Waals surface area contributed by atoms with Gasteiger partial charge in [-0.15, -0.1) is 11.3 Å². The largest absolute Gasteiger partial charge is 0.396 e. The van der Waals surface area contributed by atoms with E-state index >= 15 is 0 Å². The highest BCUT2D eigenvalue weighted by Gasteiger charge is 2.27. The third kappa shape index (κ3) is 3.76. The second kappa shape index (κ2) is 6.32. The van der Waals surface area contributed by atoms with Crippen molar-refractivity contribution >= 4 is 21.5 Å². The van der Waals surface area contributed by atoms with Crippen LogP contribution in [0.3, 0.4) is 0 Å². The maximum Gasteiger partial charge on any atom is 0.279 e. The van der Waals surface area contributed by atoms with Crippen LogP contribution in [-0.4, -0.2) is 37.5 Å². The number of hydrogen-bond donors (Lipinski definition) is 2. The van der Waals surface area contributed by atoms with Crippen molar-refractivity contribution in [1.29, 1.82) is 0 Å². The first-order chi connectivity index (χ1) is 9.03. The fourth-order valence-corrected chi connectivity index (χ4v) is 4.30. The molecule has 1 saturated heterocycles. The van der Waals surface area contributed by atoms with Crippen LogP contribution in [0.25, 0.3) is 0 Å². The first kappa shape index (κ1) is 14.9. The summed E-state index contributed by atoms with van der Waals surface area (Å²) in [5.74, 6) is 0.242. The van der Waals surface area contributed by atoms with E-state index in [1.807, 2.05) is 18.4 Å². The van der Waals surface area contributed by atoms with Gasteiger partial charge in [0.25, 0.3) is 10.2 Å². The molecule has 0 amide bonds. The van der Waals surface area contributed by atoms with Crippen LogP contribution in [0.2, 0.25) is 0 Å². The monoisotopic (exact) mass is 304 g/mol. The number of nitrogens with one attached hydrogen (secondary N) is 1. The van der Waals surface area contributed by atoms with Crippen molar-refractivity contribution in [2.24, 2.45) is 5.92 Å². The molecule has 0 aromatic carbocycles. The van der Waals surface area contributed by atoms with E-state index in [0.29, 0.717) is 19.6 Å². The van der Waals surface area contributed by atoms with Gasteiger partial charge in [0.15, 0.2) is 0 Å². The van der Waals surface area contributed by atoms with Gasteiger partial charge in [-0.25, -0.2) is 0 Å². The Balaban J connectivity index is 1.90. The van der Waals surface area contributed by atoms with Crippen molar-refractivity contribution in [3.63, 3.8) is 0 Å². The van der Waals surface area contributed by atoms with Gasteiger partial charge in [0, 0.05) is 31.1 Å². The number of aryl methyl sites for hydroxylation is 1. The summed E-state index contributed by atoms with van der Waals surface area (Å²) in [5.41, 5.74) is 1.12. The fraction of sp³-hybridized carbons (Fsp3) is 0.667. The number of nitrogens with zero attached hydrogens (tertiary/aromatic N) is 1. The van der Waals surface area contributed by atoms with Crippen molar-refractivity contribution < 1.29 is 13.5 Å². The minimum absolute atomic E-state index is 0.149. The third-order valence-electron chi connectivity index (χ3n) is 3.55. The molecule has 7 heteroatoms. The van der Waals surface area contributed by atoms with Crippen molar-refractivity contribution in [1.82, 2.24) is 9.03 Å². The molecular weight excluding hydrogens is 284 g/mol. The Morgan fingerprint density at radius 1 is 1.47 bits per heavy atom. The van der Waals surface area contributed by atoms with Crippen LogP contribution < -0.4 is 4.72 Å². The molecule has 2 rings (SSSR count). The van der Waals surface area contributed by atoms with Gasteiger partial charge >= 0.3 is 0 Å². The van der Waals surface area contributed by atoms with Crippen molar-refractivity contribution in [3.8, 4) is 0 Å². The molecule has 5 nitrogen and oxygen atoms in total. The maximum absolute atomic E-state index is 12.1. The second-order valence-corrected chi connectivity index (χ2v) is 7.63. The highest BCUT2D eigenvalue weighted by molar-refractivity contribution is 7.87. The van der Waals surface area contributed by atoms with E-state index in [-0.39, 0.29) is 12.5 Å². The zero-order valence-corrected chi connectivity index (χ0v) is 12.6. The average Bonchev–Trinajstić information content (AvgIpc) is 2.82. The van der Waals surface area contributed by atoms with Gasteiger partial charge in [-0.1, -0.05) is 0 Å². The molecule has 0 atom stereocenters. The molecule has 1 fully saturated rings. The summed E-state index contributed by atoms with van der Waals surface area (Å²) >= 11 is 1.56. The molecule has 0 saturated carbocycles. The lowest BCUT2D eigenvalue weighted by molar-refractivity contribution is 0.169. The number of aliphatic hydroxyl groups excluding tert-OH is 1. The van der Waals surface area contributed by atoms with E-state index in [2.05, 4.69) is 4.72 Å². The van der Waals surface area contributed by atoms with Crippen LogP contribution in [0, 0.1) is 12.8 Å². The standard InChI is InChI=1S/C12H20N2O3S2/c1-10-4-7-18-12(10)8-13-19(16,17)14-5-2-11(9-15)3-6-14/h4,7,11,13,15H,2-3,5-6,8-9H2,1H3. The van der Waals surface area contributed by atoms with Gasteiger partial charge in [-0.2, -0.15) is 17.4 Å². The molecule has 1 aliphatic heterocycles. The second-order valence-electron chi connectivity index (χ2n) is 4.88. The Hall–Kier alpha value is -0.470. The summed E-state index contributed by atoms with van der Waals surface area (Å²) in [5, 5.41) is 11.0. The van der Waals surface area contributed by atoms with Crippen LogP contribution in [0.1, 0.15) is 23.3 Å². The van der Waals surface area contributed by atoms with Crippen molar-refractivity contribution in [2.45, 2.75) is 26.3 Å². The summed E-state index contributed by atoms with van der Waals surface area (Å²) in [6.07, 6.45) is 1.46. The Morgan fingerprint density at radius 3 is 2.68 bits per heavy atom. The molecular formula is C12H20N2O3S2. The van der Waals surface area contributed by atoms with Gasteiger partial charge in [-0.05, 0) is 42.7 Å². The van der Waals surface area contributed by atoms with Crippen LogP contribution in [0.4, 0.5) is 0 Å². The third-order valence-corrected chi connectivity index (χ3v) is 6.13. The van der Waals surface area contributed by atoms with E-state index in [1.54, 1.807) is 11.3 Å². The highest BCUT2D eigenvalue weighted by atomic mass is 32.2. The molecule has 0 aliphatic carbocycles. The number of piperidine rings is 1. The Kier molecular flexibility index (Phi) is 4.97. The Bertz CT molecular complexity index is 505. The molecule has 0 bridgehead atoms. The van der Waals surface area contributed by atoms with E-state index < -0.39 is 10.2 Å². The van der Waals surface area contributed by atoms with E-state index in [9.17, 15) is 8.42 Å². The summed E-state index contributed by atoms with van der Waals surface area (Å²) in [4.78, 5) is 1.05. The predicted octanol–water partition coefficient (Wildman–Crippen LogP) is 1.10.